The molecule has 5 heteroatoms. The van der Waals surface area contributed by atoms with Crippen LogP contribution < -0.4 is 10.2 Å². The molecule has 0 aliphatic carbocycles. The lowest BCUT2D eigenvalue weighted by Crippen LogP contribution is -2.35. The van der Waals surface area contributed by atoms with Gasteiger partial charge >= 0.3 is 0 Å². The third-order valence-corrected chi connectivity index (χ3v) is 4.94. The summed E-state index contributed by atoms with van der Waals surface area (Å²) in [6.07, 6.45) is 1.41. The number of amides is 1. The maximum absolute atomic E-state index is 12.5. The summed E-state index contributed by atoms with van der Waals surface area (Å²) in [4.78, 5) is 14.7. The quantitative estimate of drug-likeness (QED) is 0.903. The highest BCUT2D eigenvalue weighted by Gasteiger charge is 2.18. The van der Waals surface area contributed by atoms with Crippen LogP contribution in [0.15, 0.2) is 42.5 Å². The van der Waals surface area contributed by atoms with Gasteiger partial charge in [-0.25, -0.2) is 0 Å². The Morgan fingerprint density at radius 2 is 1.76 bits per heavy atom. The van der Waals surface area contributed by atoms with Gasteiger partial charge in [-0.15, -0.1) is 0 Å². The van der Waals surface area contributed by atoms with Gasteiger partial charge < -0.3 is 20.1 Å². The highest BCUT2D eigenvalue weighted by molar-refractivity contribution is 6.04. The molecule has 2 aliphatic rings. The summed E-state index contributed by atoms with van der Waals surface area (Å²) in [6.45, 7) is 2.96. The smallest absolute Gasteiger partial charge is 0.255 e. The van der Waals surface area contributed by atoms with Gasteiger partial charge in [-0.2, -0.15) is 0 Å². The third kappa shape index (κ3) is 3.52. The zero-order valence-electron chi connectivity index (χ0n) is 14.1. The minimum Gasteiger partial charge on any atom is -0.393 e. The lowest BCUT2D eigenvalue weighted by atomic mass is 10.1. The number of anilines is 2. The highest BCUT2D eigenvalue weighted by atomic mass is 16.5. The monoisotopic (exact) mass is 338 g/mol. The first-order valence-corrected chi connectivity index (χ1v) is 8.73. The maximum Gasteiger partial charge on any atom is 0.255 e. The molecule has 2 aliphatic heterocycles. The summed E-state index contributed by atoms with van der Waals surface area (Å²) in [7, 11) is 0. The second-order valence-electron chi connectivity index (χ2n) is 6.70. The summed E-state index contributed by atoms with van der Waals surface area (Å²) in [5.74, 6) is -0.112. The number of hydrogen-bond donors (Lipinski definition) is 2. The van der Waals surface area contributed by atoms with Gasteiger partial charge in [-0.1, -0.05) is 6.07 Å². The summed E-state index contributed by atoms with van der Waals surface area (Å²) >= 11 is 0. The van der Waals surface area contributed by atoms with Crippen molar-refractivity contribution in [1.82, 2.24) is 0 Å². The first-order chi connectivity index (χ1) is 12.2. The SMILES string of the molecule is O=C(Nc1ccc2c(c1)COC2)c1ccc(N2CCC(O)CC2)cc1. The van der Waals surface area contributed by atoms with Crippen LogP contribution in [0, 0.1) is 0 Å². The Hall–Kier alpha value is -2.37. The standard InChI is InChI=1S/C20H22N2O3/c23-19-7-9-22(10-8-19)18-5-2-14(3-6-18)20(24)21-17-4-1-15-12-25-13-16(15)11-17/h1-6,11,19,23H,7-10,12-13H2,(H,21,24). The van der Waals surface area contributed by atoms with Crippen molar-refractivity contribution < 1.29 is 14.6 Å². The van der Waals surface area contributed by atoms with Crippen LogP contribution in [0.1, 0.15) is 34.3 Å². The van der Waals surface area contributed by atoms with E-state index in [1.165, 1.54) is 5.56 Å². The Balaban J connectivity index is 1.42. The molecule has 0 aromatic heterocycles. The van der Waals surface area contributed by atoms with Crippen LogP contribution in [0.3, 0.4) is 0 Å². The van der Waals surface area contributed by atoms with Gasteiger partial charge in [0.1, 0.15) is 0 Å². The van der Waals surface area contributed by atoms with Gasteiger partial charge in [-0.3, -0.25) is 4.79 Å². The summed E-state index contributed by atoms with van der Waals surface area (Å²) in [6, 6.07) is 13.6. The largest absolute Gasteiger partial charge is 0.393 e. The van der Waals surface area contributed by atoms with Crippen LogP contribution in [0.5, 0.6) is 0 Å². The van der Waals surface area contributed by atoms with E-state index in [2.05, 4.69) is 10.2 Å². The van der Waals surface area contributed by atoms with E-state index >= 15 is 0 Å². The maximum atomic E-state index is 12.5. The van der Waals surface area contributed by atoms with Crippen LogP contribution in [0.25, 0.3) is 0 Å². The van der Waals surface area contributed by atoms with Crippen molar-refractivity contribution in [2.75, 3.05) is 23.3 Å². The summed E-state index contributed by atoms with van der Waals surface area (Å²) in [5, 5.41) is 12.6. The number of aliphatic hydroxyl groups is 1. The van der Waals surface area contributed by atoms with Gasteiger partial charge in [0.25, 0.3) is 5.91 Å². The molecular weight excluding hydrogens is 316 g/mol. The fourth-order valence-corrected chi connectivity index (χ4v) is 3.40. The van der Waals surface area contributed by atoms with Crippen LogP contribution >= 0.6 is 0 Å². The number of fused-ring (bicyclic) bond motifs is 1. The normalized spacial score (nSPS) is 17.4. The van der Waals surface area contributed by atoms with Crippen LogP contribution in [0.4, 0.5) is 11.4 Å². The Morgan fingerprint density at radius 1 is 1.04 bits per heavy atom. The van der Waals surface area contributed by atoms with Crippen molar-refractivity contribution in [3.63, 3.8) is 0 Å². The van der Waals surface area contributed by atoms with Gasteiger partial charge in [0.15, 0.2) is 0 Å². The van der Waals surface area contributed by atoms with E-state index in [1.807, 2.05) is 42.5 Å². The molecule has 4 rings (SSSR count). The summed E-state index contributed by atoms with van der Waals surface area (Å²) in [5.41, 5.74) is 4.86. The van der Waals surface area contributed by atoms with Crippen LogP contribution in [-0.4, -0.2) is 30.2 Å². The first kappa shape index (κ1) is 16.1. The number of carbonyl (C=O) groups is 1. The Labute approximate surface area is 147 Å². The van der Waals surface area contributed by atoms with E-state index < -0.39 is 0 Å². The number of nitrogens with zero attached hydrogens (tertiary/aromatic N) is 1. The minimum absolute atomic E-state index is 0.112. The number of nitrogens with one attached hydrogen (secondary N) is 1. The fraction of sp³-hybridized carbons (Fsp3) is 0.350. The van der Waals surface area contributed by atoms with Gasteiger partial charge in [0.2, 0.25) is 0 Å². The topological polar surface area (TPSA) is 61.8 Å². The zero-order chi connectivity index (χ0) is 17.2. The Bertz CT molecular complexity index is 765. The van der Waals surface area contributed by atoms with Crippen molar-refractivity contribution in [3.05, 3.63) is 59.2 Å². The van der Waals surface area contributed by atoms with Crippen molar-refractivity contribution in [2.45, 2.75) is 32.2 Å². The molecule has 25 heavy (non-hydrogen) atoms. The van der Waals surface area contributed by atoms with Crippen LogP contribution in [0.2, 0.25) is 0 Å². The molecule has 1 amide bonds. The highest BCUT2D eigenvalue weighted by Crippen LogP contribution is 2.24. The number of aliphatic hydroxyl groups excluding tert-OH is 1. The lowest BCUT2D eigenvalue weighted by Gasteiger charge is -2.31. The number of benzene rings is 2. The lowest BCUT2D eigenvalue weighted by molar-refractivity contribution is 0.102. The van der Waals surface area contributed by atoms with Crippen molar-refractivity contribution in [1.29, 1.82) is 0 Å². The second-order valence-corrected chi connectivity index (χ2v) is 6.70. The van der Waals surface area contributed by atoms with Gasteiger partial charge in [0.05, 0.1) is 19.3 Å². The van der Waals surface area contributed by atoms with Gasteiger partial charge in [0, 0.05) is 30.0 Å². The molecular formula is C20H22N2O3. The van der Waals surface area contributed by atoms with Gasteiger partial charge in [-0.05, 0) is 60.4 Å². The fourth-order valence-electron chi connectivity index (χ4n) is 3.40. The molecule has 2 N–H and O–H groups in total. The minimum atomic E-state index is -0.181. The van der Waals surface area contributed by atoms with E-state index in [1.54, 1.807) is 0 Å². The molecule has 0 spiro atoms. The zero-order valence-corrected chi connectivity index (χ0v) is 14.1. The predicted molar refractivity (Wildman–Crippen MR) is 96.8 cm³/mol. The number of rotatable bonds is 3. The Kier molecular flexibility index (Phi) is 4.42. The third-order valence-electron chi connectivity index (χ3n) is 4.94. The molecule has 1 saturated heterocycles. The molecule has 1 fully saturated rings. The van der Waals surface area contributed by atoms with E-state index in [4.69, 9.17) is 4.74 Å². The molecule has 130 valence electrons. The van der Waals surface area contributed by atoms with E-state index in [0.29, 0.717) is 18.8 Å². The molecule has 2 aromatic rings. The van der Waals surface area contributed by atoms with E-state index in [0.717, 1.165) is 42.9 Å². The first-order valence-electron chi connectivity index (χ1n) is 8.73. The molecule has 5 nitrogen and oxygen atoms in total. The molecule has 0 radical (unpaired) electrons. The average molecular weight is 338 g/mol. The van der Waals surface area contributed by atoms with E-state index in [-0.39, 0.29) is 12.0 Å². The van der Waals surface area contributed by atoms with Crippen LogP contribution in [-0.2, 0) is 18.0 Å². The molecule has 0 saturated carbocycles. The Morgan fingerprint density at radius 3 is 2.52 bits per heavy atom. The number of hydrogen-bond acceptors (Lipinski definition) is 4. The van der Waals surface area contributed by atoms with Crippen molar-refractivity contribution in [2.24, 2.45) is 0 Å². The second kappa shape index (κ2) is 6.86. The molecule has 0 unspecified atom stereocenters. The van der Waals surface area contributed by atoms with Crippen molar-refractivity contribution in [3.8, 4) is 0 Å². The molecule has 2 heterocycles. The molecule has 2 aromatic carbocycles. The van der Waals surface area contributed by atoms with E-state index in [9.17, 15) is 9.90 Å². The number of ether oxygens (including phenoxy) is 1. The predicted octanol–water partition coefficient (Wildman–Crippen LogP) is 2.93. The number of piperidine rings is 1. The summed E-state index contributed by atoms with van der Waals surface area (Å²) < 4.78 is 5.40. The molecule has 0 bridgehead atoms. The number of carbonyl (C=O) groups excluding carboxylic acids is 1. The average Bonchev–Trinajstić information content (AvgIpc) is 3.10. The van der Waals surface area contributed by atoms with Crippen molar-refractivity contribution >= 4 is 17.3 Å². The molecule has 0 atom stereocenters.